The monoisotopic (exact) mass is 355 g/mol. The Kier molecular flexibility index (Phi) is 5.52. The summed E-state index contributed by atoms with van der Waals surface area (Å²) in [5.74, 6) is -0.162. The Morgan fingerprint density at radius 2 is 2.27 bits per heavy atom. The number of esters is 1. The van der Waals surface area contributed by atoms with Crippen molar-refractivity contribution in [3.05, 3.63) is 28.7 Å². The number of fused-ring (bicyclic) bond motifs is 1. The van der Waals surface area contributed by atoms with Crippen LogP contribution in [0.1, 0.15) is 48.7 Å². The van der Waals surface area contributed by atoms with E-state index in [-0.39, 0.29) is 12.1 Å². The van der Waals surface area contributed by atoms with Gasteiger partial charge in [-0.3, -0.25) is 9.69 Å². The number of piperidine rings is 1. The van der Waals surface area contributed by atoms with Crippen molar-refractivity contribution in [2.45, 2.75) is 52.6 Å². The van der Waals surface area contributed by atoms with Gasteiger partial charge in [0.15, 0.2) is 5.65 Å². The number of carbonyl (C=O) groups is 1. The van der Waals surface area contributed by atoms with Gasteiger partial charge in [0.2, 0.25) is 0 Å². The first-order chi connectivity index (χ1) is 12.5. The van der Waals surface area contributed by atoms with Gasteiger partial charge in [0.25, 0.3) is 0 Å². The van der Waals surface area contributed by atoms with Crippen LogP contribution >= 0.6 is 0 Å². The van der Waals surface area contributed by atoms with E-state index in [1.807, 2.05) is 13.8 Å². The maximum Gasteiger partial charge on any atom is 0.306 e. The number of likely N-dealkylation sites (tertiary alicyclic amines) is 1. The predicted molar refractivity (Wildman–Crippen MR) is 96.7 cm³/mol. The zero-order valence-corrected chi connectivity index (χ0v) is 15.7. The number of aryl methyl sites for hydroxylation is 2. The maximum atomic E-state index is 12.3. The van der Waals surface area contributed by atoms with Gasteiger partial charge in [0.1, 0.15) is 17.7 Å². The molecule has 1 aliphatic heterocycles. The molecule has 26 heavy (non-hydrogen) atoms. The van der Waals surface area contributed by atoms with E-state index in [4.69, 9.17) is 10.00 Å². The van der Waals surface area contributed by atoms with E-state index in [9.17, 15) is 4.79 Å². The third-order valence-corrected chi connectivity index (χ3v) is 5.12. The highest BCUT2D eigenvalue weighted by atomic mass is 16.5. The molecule has 0 N–H and O–H groups in total. The normalized spacial score (nSPS) is 18.0. The molecule has 0 radical (unpaired) electrons. The van der Waals surface area contributed by atoms with Gasteiger partial charge >= 0.3 is 5.97 Å². The Morgan fingerprint density at radius 1 is 1.46 bits per heavy atom. The second kappa shape index (κ2) is 7.83. The fraction of sp³-hybridized carbons (Fsp3) is 0.579. The minimum Gasteiger partial charge on any atom is -0.461 e. The van der Waals surface area contributed by atoms with E-state index in [1.165, 1.54) is 6.20 Å². The van der Waals surface area contributed by atoms with Crippen LogP contribution < -0.4 is 0 Å². The van der Waals surface area contributed by atoms with E-state index < -0.39 is 0 Å². The highest BCUT2D eigenvalue weighted by Crippen LogP contribution is 2.19. The number of nitrogens with zero attached hydrogens (tertiary/aromatic N) is 5. The standard InChI is InChI=1S/C19H25N5O2/c1-4-23-9-5-6-16(12-23)26-18(25)8-7-17-13(2)22-19-15(10-20)11-21-24(19)14(17)3/h11,16H,4-9,12H2,1-3H3. The SMILES string of the molecule is CCN1CCCC(OC(=O)CCc2c(C)nc3c(C#N)cnn3c2C)C1. The van der Waals surface area contributed by atoms with Crippen LogP contribution in [0.25, 0.3) is 5.65 Å². The lowest BCUT2D eigenvalue weighted by Crippen LogP contribution is -2.40. The Balaban J connectivity index is 1.66. The summed E-state index contributed by atoms with van der Waals surface area (Å²) in [6.07, 6.45) is 4.43. The Labute approximate surface area is 153 Å². The van der Waals surface area contributed by atoms with Gasteiger partial charge in [0.05, 0.1) is 6.20 Å². The van der Waals surface area contributed by atoms with Crippen molar-refractivity contribution in [3.8, 4) is 6.07 Å². The molecule has 1 atom stereocenters. The van der Waals surface area contributed by atoms with Crippen molar-refractivity contribution in [2.24, 2.45) is 0 Å². The van der Waals surface area contributed by atoms with Gasteiger partial charge in [-0.05, 0) is 51.8 Å². The summed E-state index contributed by atoms with van der Waals surface area (Å²) >= 11 is 0. The molecule has 2 aromatic heterocycles. The van der Waals surface area contributed by atoms with Gasteiger partial charge in [-0.15, -0.1) is 0 Å². The van der Waals surface area contributed by atoms with Crippen LogP contribution in [0.2, 0.25) is 0 Å². The average Bonchev–Trinajstić information content (AvgIpc) is 3.04. The number of carbonyl (C=O) groups excluding carboxylic acids is 1. The molecule has 7 nitrogen and oxygen atoms in total. The van der Waals surface area contributed by atoms with E-state index in [0.717, 1.165) is 49.4 Å². The van der Waals surface area contributed by atoms with E-state index >= 15 is 0 Å². The number of likely N-dealkylation sites (N-methyl/N-ethyl adjacent to an activating group) is 1. The fourth-order valence-electron chi connectivity index (χ4n) is 3.62. The summed E-state index contributed by atoms with van der Waals surface area (Å²) in [6.45, 7) is 8.89. The zero-order valence-electron chi connectivity index (χ0n) is 15.7. The molecule has 1 unspecified atom stereocenters. The van der Waals surface area contributed by atoms with Crippen LogP contribution in [0.4, 0.5) is 0 Å². The second-order valence-electron chi connectivity index (χ2n) is 6.81. The summed E-state index contributed by atoms with van der Waals surface area (Å²) in [5.41, 5.74) is 3.75. The summed E-state index contributed by atoms with van der Waals surface area (Å²) in [4.78, 5) is 19.1. The first-order valence-corrected chi connectivity index (χ1v) is 9.19. The summed E-state index contributed by atoms with van der Waals surface area (Å²) < 4.78 is 7.34. The molecule has 3 rings (SSSR count). The molecule has 0 saturated carbocycles. The van der Waals surface area contributed by atoms with Crippen LogP contribution in [-0.4, -0.2) is 51.2 Å². The number of ether oxygens (including phenoxy) is 1. The predicted octanol–water partition coefficient (Wildman–Crippen LogP) is 2.18. The van der Waals surface area contributed by atoms with Crippen molar-refractivity contribution in [1.82, 2.24) is 19.5 Å². The Bertz CT molecular complexity index is 852. The first-order valence-electron chi connectivity index (χ1n) is 9.19. The molecule has 1 aliphatic rings. The number of rotatable bonds is 5. The van der Waals surface area contributed by atoms with Crippen LogP contribution in [-0.2, 0) is 16.0 Å². The molecule has 0 aromatic carbocycles. The molecule has 0 bridgehead atoms. The van der Waals surface area contributed by atoms with E-state index in [1.54, 1.807) is 4.52 Å². The molecule has 0 spiro atoms. The smallest absolute Gasteiger partial charge is 0.306 e. The highest BCUT2D eigenvalue weighted by Gasteiger charge is 2.22. The van der Waals surface area contributed by atoms with E-state index in [0.29, 0.717) is 24.1 Å². The quantitative estimate of drug-likeness (QED) is 0.765. The first kappa shape index (κ1) is 18.3. The molecule has 0 aliphatic carbocycles. The summed E-state index contributed by atoms with van der Waals surface area (Å²) in [6, 6.07) is 2.10. The van der Waals surface area contributed by atoms with E-state index in [2.05, 4.69) is 28.0 Å². The number of nitriles is 1. The second-order valence-corrected chi connectivity index (χ2v) is 6.81. The molecule has 1 fully saturated rings. The maximum absolute atomic E-state index is 12.3. The van der Waals surface area contributed by atoms with Crippen molar-refractivity contribution in [3.63, 3.8) is 0 Å². The van der Waals surface area contributed by atoms with Gasteiger partial charge in [-0.25, -0.2) is 9.50 Å². The highest BCUT2D eigenvalue weighted by molar-refractivity contribution is 5.70. The molecule has 7 heteroatoms. The van der Waals surface area contributed by atoms with Crippen molar-refractivity contribution < 1.29 is 9.53 Å². The molecular formula is C19H25N5O2. The van der Waals surface area contributed by atoms with Crippen molar-refractivity contribution >= 4 is 11.6 Å². The number of hydrogen-bond donors (Lipinski definition) is 0. The topological polar surface area (TPSA) is 83.5 Å². The van der Waals surface area contributed by atoms with Crippen LogP contribution in [0.5, 0.6) is 0 Å². The largest absolute Gasteiger partial charge is 0.461 e. The number of aromatic nitrogens is 3. The lowest BCUT2D eigenvalue weighted by Gasteiger charge is -2.31. The molecule has 0 amide bonds. The fourth-order valence-corrected chi connectivity index (χ4v) is 3.62. The van der Waals surface area contributed by atoms with Crippen LogP contribution in [0.3, 0.4) is 0 Å². The van der Waals surface area contributed by atoms with Gasteiger partial charge in [-0.2, -0.15) is 10.4 Å². The Hall–Kier alpha value is -2.46. The molecule has 138 valence electrons. The third-order valence-electron chi connectivity index (χ3n) is 5.12. The lowest BCUT2D eigenvalue weighted by atomic mass is 10.1. The molecule has 1 saturated heterocycles. The third kappa shape index (κ3) is 3.70. The lowest BCUT2D eigenvalue weighted by molar-refractivity contribution is -0.151. The summed E-state index contributed by atoms with van der Waals surface area (Å²) in [7, 11) is 0. The van der Waals surface area contributed by atoms with Crippen molar-refractivity contribution in [2.75, 3.05) is 19.6 Å². The van der Waals surface area contributed by atoms with Crippen molar-refractivity contribution in [1.29, 1.82) is 5.26 Å². The van der Waals surface area contributed by atoms with Gasteiger partial charge < -0.3 is 4.74 Å². The molecule has 2 aromatic rings. The summed E-state index contributed by atoms with van der Waals surface area (Å²) in [5, 5.41) is 13.4. The van der Waals surface area contributed by atoms with Gasteiger partial charge in [0, 0.05) is 24.4 Å². The van der Waals surface area contributed by atoms with Gasteiger partial charge in [-0.1, -0.05) is 6.92 Å². The molecule has 3 heterocycles. The number of hydrogen-bond acceptors (Lipinski definition) is 6. The van der Waals surface area contributed by atoms with Crippen LogP contribution in [0.15, 0.2) is 6.20 Å². The average molecular weight is 355 g/mol. The zero-order chi connectivity index (χ0) is 18.7. The van der Waals surface area contributed by atoms with Crippen LogP contribution in [0, 0.1) is 25.2 Å². The molecular weight excluding hydrogens is 330 g/mol. The minimum absolute atomic E-state index is 0.00306. The Morgan fingerprint density at radius 3 is 3.00 bits per heavy atom. The minimum atomic E-state index is -0.162.